The Morgan fingerprint density at radius 1 is 1.26 bits per heavy atom. The zero-order valence-electron chi connectivity index (χ0n) is 18.0. The zero-order valence-corrected chi connectivity index (χ0v) is 21.2. The summed E-state index contributed by atoms with van der Waals surface area (Å²) in [5, 5.41) is 6.46. The van der Waals surface area contributed by atoms with E-state index in [1.54, 1.807) is 24.3 Å². The number of sulfone groups is 1. The highest BCUT2D eigenvalue weighted by Crippen LogP contribution is 2.37. The summed E-state index contributed by atoms with van der Waals surface area (Å²) in [6.07, 6.45) is 0. The van der Waals surface area contributed by atoms with Gasteiger partial charge >= 0.3 is 0 Å². The predicted octanol–water partition coefficient (Wildman–Crippen LogP) is 3.52. The van der Waals surface area contributed by atoms with Crippen LogP contribution in [-0.2, 0) is 32.4 Å². The first-order valence-electron chi connectivity index (χ1n) is 9.91. The molecule has 15 heteroatoms. The third kappa shape index (κ3) is 5.91. The molecule has 0 saturated carbocycles. The van der Waals surface area contributed by atoms with Crippen molar-refractivity contribution >= 4 is 54.3 Å². The summed E-state index contributed by atoms with van der Waals surface area (Å²) in [4.78, 5) is 4.49. The summed E-state index contributed by atoms with van der Waals surface area (Å²) in [5.74, 6) is -1.16. The average Bonchev–Trinajstić information content (AvgIpc) is 3.44. The molecule has 0 radical (unpaired) electrons. The third-order valence-corrected chi connectivity index (χ3v) is 8.68. The van der Waals surface area contributed by atoms with E-state index < -0.39 is 32.2 Å². The van der Waals surface area contributed by atoms with Crippen LogP contribution in [0.25, 0.3) is 21.3 Å². The molecular weight excluding hydrogens is 543 g/mol. The van der Waals surface area contributed by atoms with Gasteiger partial charge in [-0.1, -0.05) is 23.7 Å². The van der Waals surface area contributed by atoms with Crippen LogP contribution in [0.4, 0.5) is 4.39 Å². The van der Waals surface area contributed by atoms with Crippen LogP contribution in [0.15, 0.2) is 40.8 Å². The van der Waals surface area contributed by atoms with Crippen LogP contribution in [0.5, 0.6) is 0 Å². The maximum atomic E-state index is 13.9. The van der Waals surface area contributed by atoms with Crippen LogP contribution in [0.1, 0.15) is 22.0 Å². The molecule has 2 aromatic carbocycles. The van der Waals surface area contributed by atoms with Crippen molar-refractivity contribution in [3.63, 3.8) is 0 Å². The van der Waals surface area contributed by atoms with E-state index in [9.17, 15) is 17.0 Å². The molecule has 0 aliphatic heterocycles. The Labute approximate surface area is 210 Å². The summed E-state index contributed by atoms with van der Waals surface area (Å²) in [5.41, 5.74) is 1.83. The topological polar surface area (TPSA) is 145 Å². The fourth-order valence-corrected chi connectivity index (χ4v) is 6.53. The molecule has 0 bridgehead atoms. The lowest BCUT2D eigenvalue weighted by molar-refractivity contribution is 0.217. The van der Waals surface area contributed by atoms with Gasteiger partial charge in [0, 0.05) is 7.11 Å². The van der Waals surface area contributed by atoms with E-state index in [1.165, 1.54) is 19.2 Å². The highest BCUT2D eigenvalue weighted by atomic mass is 35.5. The largest absolute Gasteiger partial charge is 0.422 e. The summed E-state index contributed by atoms with van der Waals surface area (Å²) in [6.45, 7) is -0.288. The molecule has 0 fully saturated rings. The molecule has 0 amide bonds. The first-order chi connectivity index (χ1) is 16.7. The number of ether oxygens (including phenoxy) is 1. The Bertz CT molecular complexity index is 1490. The molecule has 0 saturated heterocycles. The lowest BCUT2D eigenvalue weighted by Gasteiger charge is -2.11. The van der Waals surface area contributed by atoms with Gasteiger partial charge in [-0.05, 0) is 35.4 Å². The molecule has 4 rings (SSSR count). The molecule has 35 heavy (non-hydrogen) atoms. The Hall–Kier alpha value is -2.33. The quantitative estimate of drug-likeness (QED) is 0.278. The SMILES string of the molecule is COCCS(=O)(=O)C(c1nnc(CNS(=O)O)o1)c1nc2ccc(-c3ccc(Cl)c(F)c3)cc2s1. The van der Waals surface area contributed by atoms with E-state index in [1.807, 2.05) is 0 Å². The fraction of sp³-hybridized carbons (Fsp3) is 0.250. The first kappa shape index (κ1) is 25.8. The highest BCUT2D eigenvalue weighted by Gasteiger charge is 2.36. The van der Waals surface area contributed by atoms with Crippen LogP contribution in [-0.4, -0.2) is 51.8 Å². The molecule has 4 aromatic rings. The van der Waals surface area contributed by atoms with E-state index in [-0.39, 0.29) is 40.7 Å². The lowest BCUT2D eigenvalue weighted by Crippen LogP contribution is -2.21. The standard InChI is InChI=1S/C20H18ClFN4O6S3/c1-31-6-7-35(29,30)18(19-26-25-17(32-19)10-23-34(27)28)20-24-15-5-3-12(9-16(15)33-20)11-2-4-13(21)14(22)8-11/h2-5,8-9,18,23H,6-7,10H2,1H3,(H,27,28). The van der Waals surface area contributed by atoms with Gasteiger partial charge in [-0.2, -0.15) is 0 Å². The number of nitrogens with zero attached hydrogens (tertiary/aromatic N) is 3. The van der Waals surface area contributed by atoms with Gasteiger partial charge in [0.15, 0.2) is 15.1 Å². The Kier molecular flexibility index (Phi) is 7.90. The lowest BCUT2D eigenvalue weighted by atomic mass is 10.1. The Balaban J connectivity index is 1.75. The molecule has 0 spiro atoms. The van der Waals surface area contributed by atoms with Gasteiger partial charge in [-0.15, -0.1) is 21.5 Å². The van der Waals surface area contributed by atoms with Gasteiger partial charge in [0.1, 0.15) is 10.8 Å². The number of nitrogens with one attached hydrogen (secondary N) is 1. The van der Waals surface area contributed by atoms with Gasteiger partial charge in [-0.25, -0.2) is 26.7 Å². The molecule has 10 nitrogen and oxygen atoms in total. The predicted molar refractivity (Wildman–Crippen MR) is 129 cm³/mol. The Morgan fingerprint density at radius 2 is 2.00 bits per heavy atom. The van der Waals surface area contributed by atoms with Gasteiger partial charge in [-0.3, -0.25) is 4.55 Å². The summed E-state index contributed by atoms with van der Waals surface area (Å²) >= 11 is 4.59. The Morgan fingerprint density at radius 3 is 2.71 bits per heavy atom. The van der Waals surface area contributed by atoms with Crippen molar-refractivity contribution in [2.24, 2.45) is 0 Å². The van der Waals surface area contributed by atoms with Crippen molar-refractivity contribution in [1.82, 2.24) is 19.9 Å². The molecule has 2 aromatic heterocycles. The van der Waals surface area contributed by atoms with E-state index in [0.29, 0.717) is 21.3 Å². The van der Waals surface area contributed by atoms with E-state index in [4.69, 9.17) is 25.3 Å². The van der Waals surface area contributed by atoms with Crippen molar-refractivity contribution in [2.75, 3.05) is 19.5 Å². The summed E-state index contributed by atoms with van der Waals surface area (Å²) in [6, 6.07) is 9.68. The van der Waals surface area contributed by atoms with Crippen molar-refractivity contribution in [1.29, 1.82) is 0 Å². The van der Waals surface area contributed by atoms with E-state index in [2.05, 4.69) is 19.9 Å². The molecule has 2 unspecified atom stereocenters. The minimum Gasteiger partial charge on any atom is -0.422 e. The van der Waals surface area contributed by atoms with Crippen molar-refractivity contribution in [3.8, 4) is 11.1 Å². The van der Waals surface area contributed by atoms with Gasteiger partial charge < -0.3 is 9.15 Å². The van der Waals surface area contributed by atoms with Gasteiger partial charge in [0.2, 0.25) is 23.0 Å². The molecule has 2 atom stereocenters. The number of thiazole rings is 1. The number of rotatable bonds is 10. The first-order valence-corrected chi connectivity index (χ1v) is 13.9. The second-order valence-corrected chi connectivity index (χ2v) is 11.7. The van der Waals surface area contributed by atoms with Crippen molar-refractivity contribution in [2.45, 2.75) is 11.8 Å². The second kappa shape index (κ2) is 10.7. The maximum Gasteiger partial charge on any atom is 0.241 e. The maximum absolute atomic E-state index is 13.9. The number of halogens is 2. The number of benzene rings is 2. The monoisotopic (exact) mass is 560 g/mol. The van der Waals surface area contributed by atoms with Crippen LogP contribution < -0.4 is 4.72 Å². The molecule has 2 N–H and O–H groups in total. The smallest absolute Gasteiger partial charge is 0.241 e. The molecule has 0 aliphatic carbocycles. The summed E-state index contributed by atoms with van der Waals surface area (Å²) in [7, 11) is -2.51. The number of fused-ring (bicyclic) bond motifs is 1. The van der Waals surface area contributed by atoms with Gasteiger partial charge in [0.25, 0.3) is 0 Å². The molecule has 2 heterocycles. The van der Waals surface area contributed by atoms with Gasteiger partial charge in [0.05, 0.1) is 34.1 Å². The van der Waals surface area contributed by atoms with Crippen LogP contribution in [0.3, 0.4) is 0 Å². The minimum atomic E-state index is -3.90. The molecule has 186 valence electrons. The van der Waals surface area contributed by atoms with E-state index >= 15 is 0 Å². The van der Waals surface area contributed by atoms with Crippen LogP contribution in [0.2, 0.25) is 5.02 Å². The van der Waals surface area contributed by atoms with Crippen molar-refractivity contribution in [3.05, 3.63) is 64.0 Å². The average molecular weight is 561 g/mol. The normalized spacial score (nSPS) is 13.8. The summed E-state index contributed by atoms with van der Waals surface area (Å²) < 4.78 is 73.3. The number of hydrogen-bond donors (Lipinski definition) is 2. The number of hydrogen-bond acceptors (Lipinski definition) is 9. The molecule has 0 aliphatic rings. The molecular formula is C20H18ClFN4O6S3. The second-order valence-electron chi connectivity index (χ2n) is 7.21. The third-order valence-electron chi connectivity index (χ3n) is 4.87. The fourth-order valence-electron chi connectivity index (χ4n) is 3.21. The zero-order chi connectivity index (χ0) is 25.2. The van der Waals surface area contributed by atoms with Crippen molar-refractivity contribution < 1.29 is 30.7 Å². The van der Waals surface area contributed by atoms with E-state index in [0.717, 1.165) is 11.3 Å². The minimum absolute atomic E-state index is 0.0124. The number of methoxy groups -OCH3 is 1. The van der Waals surface area contributed by atoms with Crippen LogP contribution >= 0.6 is 22.9 Å². The number of aromatic nitrogens is 3. The van der Waals surface area contributed by atoms with Crippen LogP contribution in [0, 0.1) is 5.82 Å². The highest BCUT2D eigenvalue weighted by molar-refractivity contribution is 7.92.